The van der Waals surface area contributed by atoms with Crippen LogP contribution in [0.15, 0.2) is 60.7 Å². The number of rotatable bonds is 15. The Bertz CT molecular complexity index is 1520. The molecular weight excluding hydrogens is 823 g/mol. The summed E-state index contributed by atoms with van der Waals surface area (Å²) in [5.41, 5.74) is 0.361. The van der Waals surface area contributed by atoms with Crippen molar-refractivity contribution in [3.05, 3.63) is 79.2 Å². The van der Waals surface area contributed by atoms with Crippen molar-refractivity contribution in [2.75, 3.05) is 27.3 Å². The number of nitrogens with one attached hydrogen (secondary N) is 2. The number of esters is 1. The summed E-state index contributed by atoms with van der Waals surface area (Å²) in [4.78, 5) is 74.4. The maximum atomic E-state index is 12.9. The molecule has 56 heavy (non-hydrogen) atoms. The normalized spacial score (nSPS) is 12.8. The molecule has 320 valence electrons. The molecular formula is C39H61N4O12Pd-. The van der Waals surface area contributed by atoms with E-state index in [1.54, 1.807) is 48.5 Å². The van der Waals surface area contributed by atoms with Gasteiger partial charge in [-0.15, -0.1) is 0 Å². The molecule has 0 radical (unpaired) electrons. The van der Waals surface area contributed by atoms with Crippen molar-refractivity contribution in [2.24, 2.45) is 0 Å². The number of carboxylic acids is 1. The number of carbonyl (C=O) groups is 6. The number of ether oxygens (including phenoxy) is 4. The van der Waals surface area contributed by atoms with Crippen LogP contribution < -0.4 is 10.6 Å². The predicted octanol–water partition coefficient (Wildman–Crippen LogP) is 4.18. The molecule has 0 aromatic heterocycles. The number of aliphatic hydroxyl groups is 1. The number of amides is 4. The Kier molecular flexibility index (Phi) is 24.4. The van der Waals surface area contributed by atoms with Crippen LogP contribution in [0.2, 0.25) is 0 Å². The van der Waals surface area contributed by atoms with Gasteiger partial charge in [0.05, 0.1) is 19.8 Å². The Balaban J connectivity index is -0.00000110. The number of hydrogen-bond acceptors (Lipinski definition) is 11. The van der Waals surface area contributed by atoms with E-state index in [0.717, 1.165) is 16.0 Å². The van der Waals surface area contributed by atoms with E-state index >= 15 is 0 Å². The largest absolute Gasteiger partial charge is 0.480 e. The second-order valence-corrected chi connectivity index (χ2v) is 14.3. The fourth-order valence-electron chi connectivity index (χ4n) is 3.97. The van der Waals surface area contributed by atoms with Crippen LogP contribution in [-0.2, 0) is 71.8 Å². The van der Waals surface area contributed by atoms with Crippen LogP contribution >= 0.6 is 0 Å². The molecule has 17 heteroatoms. The van der Waals surface area contributed by atoms with Crippen molar-refractivity contribution >= 4 is 35.9 Å². The van der Waals surface area contributed by atoms with Crippen molar-refractivity contribution in [1.82, 2.24) is 20.4 Å². The first-order valence-corrected chi connectivity index (χ1v) is 17.2. The van der Waals surface area contributed by atoms with Crippen LogP contribution in [0.4, 0.5) is 9.59 Å². The maximum Gasteiger partial charge on any atom is 0.410 e. The van der Waals surface area contributed by atoms with Crippen LogP contribution in [-0.4, -0.2) is 119 Å². The van der Waals surface area contributed by atoms with Gasteiger partial charge in [0.15, 0.2) is 6.04 Å². The summed E-state index contributed by atoms with van der Waals surface area (Å²) in [5.74, 6) is -3.21. The van der Waals surface area contributed by atoms with Crippen molar-refractivity contribution in [3.63, 3.8) is 0 Å². The SMILES string of the molecule is C[C@@H](C(=O)N[C@@H](CO)C(=O)O)N(C)C(=O)OC(C)(C)C.C[C@@H](C(=O)N[C@@H](COCc1ccccc1)C(=O)OCc1ccccc1)N(C)C(=O)OC(C)(C)C.[CH3-].[HH].[Pd]. The van der Waals surface area contributed by atoms with E-state index < -0.39 is 77.9 Å². The van der Waals surface area contributed by atoms with Crippen molar-refractivity contribution in [3.8, 4) is 0 Å². The molecule has 0 aliphatic rings. The van der Waals surface area contributed by atoms with Crippen LogP contribution in [0.1, 0.15) is 67.9 Å². The first-order chi connectivity index (χ1) is 25.1. The topological polar surface area (TPSA) is 210 Å². The van der Waals surface area contributed by atoms with Gasteiger partial charge in [0.1, 0.15) is 35.9 Å². The molecule has 0 heterocycles. The Morgan fingerprint density at radius 2 is 1.07 bits per heavy atom. The van der Waals surface area contributed by atoms with Gasteiger partial charge in [-0.05, 0) is 66.5 Å². The second kappa shape index (κ2) is 25.6. The molecule has 16 nitrogen and oxygen atoms in total. The Morgan fingerprint density at radius 1 is 0.696 bits per heavy atom. The van der Waals surface area contributed by atoms with Crippen LogP contribution in [0.5, 0.6) is 0 Å². The zero-order valence-electron chi connectivity index (χ0n) is 34.1. The minimum atomic E-state index is -1.41. The van der Waals surface area contributed by atoms with Crippen LogP contribution in [0, 0.1) is 7.43 Å². The van der Waals surface area contributed by atoms with E-state index in [2.05, 4.69) is 10.6 Å². The summed E-state index contributed by atoms with van der Waals surface area (Å²) in [6, 6.07) is 14.5. The molecule has 2 rings (SSSR count). The number of aliphatic carboxylic acids is 1. The molecule has 2 aromatic rings. The van der Waals surface area contributed by atoms with Gasteiger partial charge in [-0.1, -0.05) is 60.7 Å². The summed E-state index contributed by atoms with van der Waals surface area (Å²) < 4.78 is 21.5. The number of aliphatic hydroxyl groups excluding tert-OH is 1. The van der Waals surface area contributed by atoms with E-state index in [1.165, 1.54) is 25.9 Å². The molecule has 2 aromatic carbocycles. The Hall–Kier alpha value is -4.56. The molecule has 0 aliphatic carbocycles. The van der Waals surface area contributed by atoms with E-state index in [9.17, 15) is 28.8 Å². The van der Waals surface area contributed by atoms with Gasteiger partial charge < -0.3 is 47.2 Å². The first-order valence-electron chi connectivity index (χ1n) is 17.2. The van der Waals surface area contributed by atoms with Gasteiger partial charge >= 0.3 is 24.1 Å². The number of carboxylic acid groups (broad SMARTS) is 1. The van der Waals surface area contributed by atoms with E-state index in [1.807, 2.05) is 60.7 Å². The van der Waals surface area contributed by atoms with Gasteiger partial charge in [-0.3, -0.25) is 19.4 Å². The fraction of sp³-hybridized carbons (Fsp3) is 0.513. The number of nitrogens with zero attached hydrogens (tertiary/aromatic N) is 2. The van der Waals surface area contributed by atoms with Gasteiger partial charge in [-0.25, -0.2) is 19.2 Å². The smallest absolute Gasteiger partial charge is 0.410 e. The third-order valence-corrected chi connectivity index (χ3v) is 7.30. The van der Waals surface area contributed by atoms with E-state index in [4.69, 9.17) is 29.2 Å². The molecule has 4 amide bonds. The third kappa shape index (κ3) is 20.9. The summed E-state index contributed by atoms with van der Waals surface area (Å²) in [6.45, 7) is 12.8. The monoisotopic (exact) mass is 883 g/mol. The van der Waals surface area contributed by atoms with Gasteiger partial charge in [-0.2, -0.15) is 0 Å². The quantitative estimate of drug-likeness (QED) is 0.0860. The number of likely N-dealkylation sites (N-methyl/N-ethyl adjacent to an activating group) is 2. The average molecular weight is 884 g/mol. The molecule has 0 fully saturated rings. The minimum absolute atomic E-state index is 0. The molecule has 0 saturated heterocycles. The zero-order valence-corrected chi connectivity index (χ0v) is 35.7. The molecule has 0 aliphatic heterocycles. The van der Waals surface area contributed by atoms with Gasteiger partial charge in [0, 0.05) is 35.9 Å². The number of hydrogen-bond donors (Lipinski definition) is 4. The Labute approximate surface area is 345 Å². The summed E-state index contributed by atoms with van der Waals surface area (Å²) in [7, 11) is 2.83. The third-order valence-electron chi connectivity index (χ3n) is 7.30. The van der Waals surface area contributed by atoms with Gasteiger partial charge in [0.2, 0.25) is 11.8 Å². The summed E-state index contributed by atoms with van der Waals surface area (Å²) in [5, 5.41) is 22.3. The van der Waals surface area contributed by atoms with Crippen LogP contribution in [0.25, 0.3) is 0 Å². The molecule has 0 spiro atoms. The standard InChI is InChI=1S/C26H34N2O6.C12H22N2O6.CH3.Pd.H2/c1-19(28(5)25(31)34-26(2,3)4)23(29)27-22(18-32-16-20-12-8-6-9-13-20)24(30)33-17-21-14-10-7-11-15-21;1-7(9(16)13-8(6-15)10(17)18)14(5)11(19)20-12(2,3)4;;;/h6-15,19,22H,16-18H2,1-5H3,(H,27,29);7-8,15H,6H2,1-5H3,(H,13,16)(H,17,18);1H3;;1H/q;;-1;;/t19-,22-;7-,8-;;;/m00.../s1. The molecule has 4 N–H and O–H groups in total. The van der Waals surface area contributed by atoms with Gasteiger partial charge in [0.25, 0.3) is 0 Å². The molecule has 4 atom stereocenters. The first kappa shape index (κ1) is 53.5. The number of carbonyl (C=O) groups excluding carboxylic acids is 5. The van der Waals surface area contributed by atoms with Crippen molar-refractivity contribution < 1.29 is 79.8 Å². The fourth-order valence-corrected chi connectivity index (χ4v) is 3.97. The Morgan fingerprint density at radius 3 is 1.43 bits per heavy atom. The second-order valence-electron chi connectivity index (χ2n) is 14.3. The summed E-state index contributed by atoms with van der Waals surface area (Å²) in [6.07, 6.45) is -1.34. The summed E-state index contributed by atoms with van der Waals surface area (Å²) >= 11 is 0. The maximum absolute atomic E-state index is 12.9. The van der Waals surface area contributed by atoms with Crippen molar-refractivity contribution in [1.29, 1.82) is 0 Å². The van der Waals surface area contributed by atoms with E-state index in [0.29, 0.717) is 0 Å². The zero-order chi connectivity index (χ0) is 41.2. The minimum Gasteiger partial charge on any atom is -0.480 e. The number of benzene rings is 2. The predicted molar refractivity (Wildman–Crippen MR) is 206 cm³/mol. The van der Waals surface area contributed by atoms with E-state index in [-0.39, 0.29) is 49.1 Å². The van der Waals surface area contributed by atoms with Crippen LogP contribution in [0.3, 0.4) is 0 Å². The molecule has 0 bridgehead atoms. The average Bonchev–Trinajstić information content (AvgIpc) is 3.10. The molecule has 0 saturated carbocycles. The molecule has 0 unspecified atom stereocenters. The van der Waals surface area contributed by atoms with Crippen molar-refractivity contribution in [2.45, 2.75) is 104 Å².